The minimum absolute atomic E-state index is 0.190. The van der Waals surface area contributed by atoms with Crippen LogP contribution in [0.15, 0.2) is 30.6 Å². The summed E-state index contributed by atoms with van der Waals surface area (Å²) in [4.78, 5) is 17.7. The van der Waals surface area contributed by atoms with E-state index in [4.69, 9.17) is 11.6 Å². The molecule has 156 valence electrons. The minimum atomic E-state index is -0.938. The van der Waals surface area contributed by atoms with E-state index in [1.165, 1.54) is 0 Å². The van der Waals surface area contributed by atoms with E-state index in [0.29, 0.717) is 21.9 Å². The molecule has 2 aromatic carbocycles. The third kappa shape index (κ3) is 3.25. The highest BCUT2D eigenvalue weighted by atomic mass is 35.5. The van der Waals surface area contributed by atoms with Gasteiger partial charge in [-0.05, 0) is 35.9 Å². The predicted octanol–water partition coefficient (Wildman–Crippen LogP) is 3.82. The Labute approximate surface area is 180 Å². The lowest BCUT2D eigenvalue weighted by atomic mass is 9.94. The van der Waals surface area contributed by atoms with Crippen LogP contribution in [0.2, 0.25) is 0 Å². The number of nitrogens with zero attached hydrogens (tertiary/aromatic N) is 6. The van der Waals surface area contributed by atoms with Crippen molar-refractivity contribution in [2.75, 3.05) is 10.8 Å². The van der Waals surface area contributed by atoms with E-state index in [9.17, 15) is 10.1 Å². The molecule has 10 heteroatoms. The van der Waals surface area contributed by atoms with Crippen LogP contribution in [0.1, 0.15) is 22.5 Å². The van der Waals surface area contributed by atoms with Gasteiger partial charge >= 0.3 is 0 Å². The van der Waals surface area contributed by atoms with Gasteiger partial charge < -0.3 is 0 Å². The fourth-order valence-corrected chi connectivity index (χ4v) is 3.77. The molecule has 0 aliphatic carbocycles. The Morgan fingerprint density at radius 3 is 2.58 bits per heavy atom. The highest BCUT2D eigenvalue weighted by Gasteiger charge is 2.27. The summed E-state index contributed by atoms with van der Waals surface area (Å²) in [5.74, 6) is -3.11. The van der Waals surface area contributed by atoms with Crippen molar-refractivity contribution in [1.29, 1.82) is 5.26 Å². The molecule has 0 spiro atoms. The molecule has 2 aromatic heterocycles. The van der Waals surface area contributed by atoms with Crippen molar-refractivity contribution in [2.45, 2.75) is 20.4 Å². The number of carbonyl (C=O) groups is 1. The summed E-state index contributed by atoms with van der Waals surface area (Å²) < 4.78 is 31.3. The van der Waals surface area contributed by atoms with Crippen LogP contribution in [0.4, 0.5) is 14.6 Å². The smallest absolute Gasteiger partial charge is 0.243 e. The number of fused-ring (bicyclic) bond motifs is 2. The fraction of sp³-hybridized carbons (Fsp3) is 0.190. The monoisotopic (exact) mass is 440 g/mol. The van der Waals surface area contributed by atoms with Gasteiger partial charge in [0.15, 0.2) is 5.82 Å². The molecule has 31 heavy (non-hydrogen) atoms. The predicted molar refractivity (Wildman–Crippen MR) is 111 cm³/mol. The van der Waals surface area contributed by atoms with Gasteiger partial charge in [-0.3, -0.25) is 14.1 Å². The lowest BCUT2D eigenvalue weighted by Crippen LogP contribution is -2.34. The molecule has 4 rings (SSSR count). The van der Waals surface area contributed by atoms with Crippen LogP contribution in [-0.4, -0.2) is 31.4 Å². The molecule has 0 unspecified atom stereocenters. The van der Waals surface area contributed by atoms with E-state index in [1.54, 1.807) is 38.1 Å². The number of halogens is 3. The van der Waals surface area contributed by atoms with Gasteiger partial charge in [0.1, 0.15) is 24.1 Å². The highest BCUT2D eigenvalue weighted by molar-refractivity contribution is 6.29. The molecule has 0 aliphatic heterocycles. The van der Waals surface area contributed by atoms with E-state index in [0.717, 1.165) is 21.2 Å². The van der Waals surface area contributed by atoms with Gasteiger partial charge in [0, 0.05) is 5.39 Å². The normalized spacial score (nSPS) is 11.1. The molecule has 0 atom stereocenters. The number of carbonyl (C=O) groups excluding carboxylic acids is 1. The number of anilines is 1. The number of aromatic nitrogens is 4. The lowest BCUT2D eigenvalue weighted by molar-refractivity contribution is -0.116. The van der Waals surface area contributed by atoms with Crippen LogP contribution < -0.4 is 4.90 Å². The SMILES string of the molecule is Cc1c(CN(C(=O)CCl)c2nc(C#N)n3cnnc3c2F)c(C)c2ccccc2c1F. The Kier molecular flexibility index (Phi) is 5.25. The van der Waals surface area contributed by atoms with Crippen molar-refractivity contribution >= 4 is 39.7 Å². The molecule has 0 N–H and O–H groups in total. The number of benzene rings is 2. The number of hydrogen-bond acceptors (Lipinski definition) is 5. The van der Waals surface area contributed by atoms with Gasteiger partial charge in [0.05, 0.1) is 6.54 Å². The first-order valence-electron chi connectivity index (χ1n) is 9.21. The number of hydrogen-bond donors (Lipinski definition) is 0. The molecule has 7 nitrogen and oxygen atoms in total. The van der Waals surface area contributed by atoms with Gasteiger partial charge in [-0.1, -0.05) is 24.3 Å². The Balaban J connectivity index is 1.93. The minimum Gasteiger partial charge on any atom is -0.289 e. The van der Waals surface area contributed by atoms with E-state index in [1.807, 2.05) is 6.07 Å². The quantitative estimate of drug-likeness (QED) is 0.450. The van der Waals surface area contributed by atoms with Crippen LogP contribution in [0, 0.1) is 36.8 Å². The largest absolute Gasteiger partial charge is 0.289 e. The molecule has 4 aromatic rings. The summed E-state index contributed by atoms with van der Waals surface area (Å²) in [7, 11) is 0. The maximum Gasteiger partial charge on any atom is 0.243 e. The molecule has 0 radical (unpaired) electrons. The van der Waals surface area contributed by atoms with Gasteiger partial charge in [0.2, 0.25) is 23.2 Å². The molecule has 1 amide bonds. The van der Waals surface area contributed by atoms with Crippen molar-refractivity contribution < 1.29 is 13.6 Å². The van der Waals surface area contributed by atoms with Gasteiger partial charge in [0.25, 0.3) is 0 Å². The molecule has 0 fully saturated rings. The van der Waals surface area contributed by atoms with Gasteiger partial charge in [-0.25, -0.2) is 4.39 Å². The first-order valence-corrected chi connectivity index (χ1v) is 9.74. The van der Waals surface area contributed by atoms with Crippen molar-refractivity contribution in [2.24, 2.45) is 0 Å². The second-order valence-corrected chi connectivity index (χ2v) is 7.18. The summed E-state index contributed by atoms with van der Waals surface area (Å²) in [6.07, 6.45) is 1.15. The molecule has 0 saturated heterocycles. The Bertz CT molecular complexity index is 1390. The van der Waals surface area contributed by atoms with Crippen LogP contribution in [0.3, 0.4) is 0 Å². The fourth-order valence-electron chi connectivity index (χ4n) is 3.63. The Morgan fingerprint density at radius 1 is 1.19 bits per heavy atom. The standard InChI is InChI=1S/C21H15ClF2N6O/c1-11-13-5-3-4-6-14(13)18(23)12(2)15(11)9-29(17(31)7-22)20-19(24)21-28-26-10-30(21)16(8-25)27-20/h3-6,10H,7,9H2,1-2H3. The summed E-state index contributed by atoms with van der Waals surface area (Å²) >= 11 is 5.78. The van der Waals surface area contributed by atoms with E-state index >= 15 is 8.78 Å². The van der Waals surface area contributed by atoms with Crippen LogP contribution >= 0.6 is 11.6 Å². The van der Waals surface area contributed by atoms with E-state index in [2.05, 4.69) is 15.2 Å². The zero-order valence-electron chi connectivity index (χ0n) is 16.5. The third-order valence-electron chi connectivity index (χ3n) is 5.27. The topological polar surface area (TPSA) is 87.2 Å². The van der Waals surface area contributed by atoms with Crippen LogP contribution in [0.25, 0.3) is 16.4 Å². The molecule has 0 saturated carbocycles. The summed E-state index contributed by atoms with van der Waals surface area (Å²) in [5, 5.41) is 17.8. The lowest BCUT2D eigenvalue weighted by Gasteiger charge is -2.24. The number of rotatable bonds is 4. The van der Waals surface area contributed by atoms with Gasteiger partial charge in [-0.15, -0.1) is 21.8 Å². The Morgan fingerprint density at radius 2 is 1.90 bits per heavy atom. The summed E-state index contributed by atoms with van der Waals surface area (Å²) in [5.41, 5.74) is 1.31. The average Bonchev–Trinajstić information content (AvgIpc) is 3.29. The molecule has 0 bridgehead atoms. The van der Waals surface area contributed by atoms with Crippen molar-refractivity contribution in [3.05, 3.63) is 64.7 Å². The zero-order valence-corrected chi connectivity index (χ0v) is 17.3. The number of alkyl halides is 1. The second kappa shape index (κ2) is 7.89. The number of nitriles is 1. The maximum atomic E-state index is 15.2. The van der Waals surface area contributed by atoms with E-state index < -0.39 is 29.2 Å². The first-order chi connectivity index (χ1) is 14.9. The second-order valence-electron chi connectivity index (χ2n) is 6.91. The molecule has 2 heterocycles. The summed E-state index contributed by atoms with van der Waals surface area (Å²) in [6.45, 7) is 3.21. The molecular weight excluding hydrogens is 426 g/mol. The Hall–Kier alpha value is -3.64. The summed E-state index contributed by atoms with van der Waals surface area (Å²) in [6, 6.07) is 8.81. The van der Waals surface area contributed by atoms with Crippen molar-refractivity contribution in [3.8, 4) is 6.07 Å². The van der Waals surface area contributed by atoms with Gasteiger partial charge in [-0.2, -0.15) is 14.6 Å². The molecule has 0 aliphatic rings. The molecular formula is C21H15ClF2N6O. The third-order valence-corrected chi connectivity index (χ3v) is 5.50. The number of aryl methyl sites for hydroxylation is 1. The number of amides is 1. The van der Waals surface area contributed by atoms with Crippen molar-refractivity contribution in [1.82, 2.24) is 19.6 Å². The highest BCUT2D eigenvalue weighted by Crippen LogP contribution is 2.31. The maximum absolute atomic E-state index is 15.2. The van der Waals surface area contributed by atoms with Crippen LogP contribution in [0.5, 0.6) is 0 Å². The van der Waals surface area contributed by atoms with Crippen LogP contribution in [-0.2, 0) is 11.3 Å². The van der Waals surface area contributed by atoms with E-state index in [-0.39, 0.29) is 18.0 Å². The first kappa shape index (κ1) is 20.6. The van der Waals surface area contributed by atoms with Crippen molar-refractivity contribution in [3.63, 3.8) is 0 Å². The average molecular weight is 441 g/mol. The zero-order chi connectivity index (χ0) is 22.3.